The molecule has 1 atom stereocenters. The van der Waals surface area contributed by atoms with Gasteiger partial charge in [0.2, 0.25) is 0 Å². The fourth-order valence-corrected chi connectivity index (χ4v) is 4.32. The van der Waals surface area contributed by atoms with Crippen LogP contribution in [0.3, 0.4) is 0 Å². The number of imidazole rings is 1. The first kappa shape index (κ1) is 23.3. The predicted octanol–water partition coefficient (Wildman–Crippen LogP) is 4.35. The molecule has 4 N–H and O–H groups in total. The van der Waals surface area contributed by atoms with Gasteiger partial charge in [0.05, 0.1) is 36.7 Å². The van der Waals surface area contributed by atoms with Crippen molar-refractivity contribution in [2.45, 2.75) is 19.5 Å². The first-order chi connectivity index (χ1) is 17.5. The number of halogens is 1. The third-order valence-electron chi connectivity index (χ3n) is 5.89. The number of nitrogens with zero attached hydrogens (tertiary/aromatic N) is 6. The molecule has 0 spiro atoms. The van der Waals surface area contributed by atoms with Gasteiger partial charge in [0.15, 0.2) is 17.3 Å². The molecule has 0 saturated heterocycles. The van der Waals surface area contributed by atoms with E-state index in [2.05, 4.69) is 30.4 Å². The van der Waals surface area contributed by atoms with Gasteiger partial charge in [-0.25, -0.2) is 19.9 Å². The zero-order valence-corrected chi connectivity index (χ0v) is 20.3. The third kappa shape index (κ3) is 4.34. The highest BCUT2D eigenvalue weighted by molar-refractivity contribution is 6.36. The van der Waals surface area contributed by atoms with Gasteiger partial charge >= 0.3 is 0 Å². The molecule has 0 fully saturated rings. The lowest BCUT2D eigenvalue weighted by molar-refractivity contribution is 0.318. The maximum atomic E-state index is 9.29. The second kappa shape index (κ2) is 9.67. The Morgan fingerprint density at radius 1 is 1.19 bits per heavy atom. The Morgan fingerprint density at radius 2 is 2.00 bits per heavy atom. The number of pyridine rings is 1. The summed E-state index contributed by atoms with van der Waals surface area (Å²) in [4.78, 5) is 18.1. The van der Waals surface area contributed by atoms with Crippen molar-refractivity contribution < 1.29 is 9.94 Å². The van der Waals surface area contributed by atoms with Crippen LogP contribution in [0.5, 0.6) is 5.75 Å². The number of amidine groups is 1. The lowest BCUT2D eigenvalue weighted by Gasteiger charge is -2.17. The number of nitrogens with one attached hydrogen (secondary N) is 1. The summed E-state index contributed by atoms with van der Waals surface area (Å²) < 4.78 is 7.19. The minimum Gasteiger partial charge on any atom is -0.497 e. The van der Waals surface area contributed by atoms with Crippen LogP contribution >= 0.6 is 11.6 Å². The molecule has 0 radical (unpaired) electrons. The molecule has 0 aliphatic carbocycles. The molecule has 0 bridgehead atoms. The normalized spacial score (nSPS) is 12.7. The van der Waals surface area contributed by atoms with Gasteiger partial charge in [-0.3, -0.25) is 0 Å². The number of oxime groups is 1. The van der Waals surface area contributed by atoms with Crippen molar-refractivity contribution in [3.63, 3.8) is 0 Å². The van der Waals surface area contributed by atoms with Gasteiger partial charge in [0.25, 0.3) is 0 Å². The average Bonchev–Trinajstić information content (AvgIpc) is 3.31. The highest BCUT2D eigenvalue weighted by Crippen LogP contribution is 2.30. The molecule has 182 valence electrons. The van der Waals surface area contributed by atoms with E-state index >= 15 is 0 Å². The summed E-state index contributed by atoms with van der Waals surface area (Å²) in [6, 6.07) is 14.9. The number of rotatable bonds is 7. The SMILES string of the molecule is COc1ccc(Cn2cnc3c(NC(C)c4cc5cccc(Cl)c5c(/C(N)=N/O)n4)ncnc32)cc1. The molecular weight excluding hydrogens is 480 g/mol. The summed E-state index contributed by atoms with van der Waals surface area (Å²) in [6.45, 7) is 2.54. The van der Waals surface area contributed by atoms with Crippen LogP contribution in [0.2, 0.25) is 5.02 Å². The fourth-order valence-electron chi connectivity index (χ4n) is 4.05. The molecule has 5 rings (SSSR count). The second-order valence-electron chi connectivity index (χ2n) is 8.20. The van der Waals surface area contributed by atoms with E-state index in [1.807, 2.05) is 54.0 Å². The van der Waals surface area contributed by atoms with E-state index in [-0.39, 0.29) is 11.9 Å². The summed E-state index contributed by atoms with van der Waals surface area (Å²) in [5, 5.41) is 17.7. The van der Waals surface area contributed by atoms with Crippen molar-refractivity contribution in [2.75, 3.05) is 12.4 Å². The van der Waals surface area contributed by atoms with E-state index < -0.39 is 0 Å². The van der Waals surface area contributed by atoms with Gasteiger partial charge in [0.1, 0.15) is 23.3 Å². The van der Waals surface area contributed by atoms with E-state index in [0.717, 1.165) is 16.7 Å². The Morgan fingerprint density at radius 3 is 2.75 bits per heavy atom. The van der Waals surface area contributed by atoms with E-state index in [4.69, 9.17) is 22.1 Å². The average molecular weight is 503 g/mol. The van der Waals surface area contributed by atoms with Crippen molar-refractivity contribution in [2.24, 2.45) is 10.9 Å². The molecule has 2 aromatic carbocycles. The van der Waals surface area contributed by atoms with Crippen molar-refractivity contribution in [3.05, 3.63) is 83.2 Å². The molecule has 0 amide bonds. The van der Waals surface area contributed by atoms with Crippen LogP contribution in [0.15, 0.2) is 66.3 Å². The molecule has 1 unspecified atom stereocenters. The van der Waals surface area contributed by atoms with Crippen molar-refractivity contribution in [1.29, 1.82) is 0 Å². The van der Waals surface area contributed by atoms with E-state index in [0.29, 0.717) is 45.3 Å². The number of benzene rings is 2. The Balaban J connectivity index is 1.47. The Labute approximate surface area is 211 Å². The van der Waals surface area contributed by atoms with Crippen LogP contribution in [-0.4, -0.2) is 42.7 Å². The lowest BCUT2D eigenvalue weighted by Crippen LogP contribution is -2.18. The fraction of sp³-hybridized carbons (Fsp3) is 0.160. The van der Waals surface area contributed by atoms with E-state index in [1.54, 1.807) is 19.5 Å². The predicted molar refractivity (Wildman–Crippen MR) is 139 cm³/mol. The number of methoxy groups -OCH3 is 1. The highest BCUT2D eigenvalue weighted by atomic mass is 35.5. The monoisotopic (exact) mass is 502 g/mol. The van der Waals surface area contributed by atoms with Gasteiger partial charge in [-0.15, -0.1) is 0 Å². The highest BCUT2D eigenvalue weighted by Gasteiger charge is 2.18. The molecular formula is C25H23ClN8O2. The standard InChI is InChI=1S/C25H23ClN8O2/c1-14(19-10-16-4-3-5-18(26)20(16)21(32-19)23(27)33-35)31-24-22-25(29-12-28-24)34(13-30-22)11-15-6-8-17(36-2)9-7-15/h3-10,12-14,35H,11H2,1-2H3,(H2,27,33)(H,28,29,31). The minimum absolute atomic E-state index is 0.121. The zero-order chi connectivity index (χ0) is 25.2. The molecule has 3 aromatic heterocycles. The lowest BCUT2D eigenvalue weighted by atomic mass is 10.1. The molecule has 11 heteroatoms. The number of aromatic nitrogens is 5. The van der Waals surface area contributed by atoms with Crippen LogP contribution in [-0.2, 0) is 6.54 Å². The van der Waals surface area contributed by atoms with Crippen molar-refractivity contribution >= 4 is 45.2 Å². The van der Waals surface area contributed by atoms with Crippen LogP contribution in [0.25, 0.3) is 21.9 Å². The smallest absolute Gasteiger partial charge is 0.189 e. The van der Waals surface area contributed by atoms with Crippen molar-refractivity contribution in [3.8, 4) is 5.75 Å². The molecule has 0 aliphatic rings. The largest absolute Gasteiger partial charge is 0.497 e. The Bertz CT molecular complexity index is 1580. The number of hydrogen-bond donors (Lipinski definition) is 3. The summed E-state index contributed by atoms with van der Waals surface area (Å²) in [7, 11) is 1.64. The minimum atomic E-state index is -0.288. The number of anilines is 1. The Hall–Kier alpha value is -4.44. The van der Waals surface area contributed by atoms with Crippen LogP contribution in [0.1, 0.15) is 29.9 Å². The van der Waals surface area contributed by atoms with Crippen molar-refractivity contribution in [1.82, 2.24) is 24.5 Å². The third-order valence-corrected chi connectivity index (χ3v) is 6.20. The Kier molecular flexibility index (Phi) is 6.26. The zero-order valence-electron chi connectivity index (χ0n) is 19.6. The van der Waals surface area contributed by atoms with Gasteiger partial charge in [-0.05, 0) is 42.1 Å². The number of hydrogen-bond acceptors (Lipinski definition) is 8. The maximum absolute atomic E-state index is 9.29. The molecule has 10 nitrogen and oxygen atoms in total. The second-order valence-corrected chi connectivity index (χ2v) is 8.61. The maximum Gasteiger partial charge on any atom is 0.189 e. The van der Waals surface area contributed by atoms with Gasteiger partial charge in [-0.2, -0.15) is 0 Å². The number of ether oxygens (including phenoxy) is 1. The molecule has 5 aromatic rings. The summed E-state index contributed by atoms with van der Waals surface area (Å²) >= 11 is 6.38. The molecule has 0 aliphatic heterocycles. The van der Waals surface area contributed by atoms with E-state index in [9.17, 15) is 5.21 Å². The number of fused-ring (bicyclic) bond motifs is 2. The van der Waals surface area contributed by atoms with Crippen LogP contribution < -0.4 is 15.8 Å². The topological polar surface area (TPSA) is 136 Å². The number of nitrogens with two attached hydrogens (primary N) is 1. The van der Waals surface area contributed by atoms with Gasteiger partial charge in [0, 0.05) is 5.39 Å². The van der Waals surface area contributed by atoms with Crippen LogP contribution in [0, 0.1) is 0 Å². The van der Waals surface area contributed by atoms with E-state index in [1.165, 1.54) is 6.33 Å². The summed E-state index contributed by atoms with van der Waals surface area (Å²) in [5.41, 5.74) is 9.32. The van der Waals surface area contributed by atoms with Gasteiger partial charge < -0.3 is 25.6 Å². The molecule has 0 saturated carbocycles. The quantitative estimate of drug-likeness (QED) is 0.129. The summed E-state index contributed by atoms with van der Waals surface area (Å²) in [6.07, 6.45) is 3.24. The molecule has 36 heavy (non-hydrogen) atoms. The first-order valence-corrected chi connectivity index (χ1v) is 11.5. The van der Waals surface area contributed by atoms with Gasteiger partial charge in [-0.1, -0.05) is 41.0 Å². The first-order valence-electron chi connectivity index (χ1n) is 11.1. The van der Waals surface area contributed by atoms with Crippen LogP contribution in [0.4, 0.5) is 5.82 Å². The summed E-state index contributed by atoms with van der Waals surface area (Å²) in [5.74, 6) is 1.25. The molecule has 3 heterocycles.